The van der Waals surface area contributed by atoms with Gasteiger partial charge < -0.3 is 24.6 Å². The molecule has 1 aromatic heterocycles. The monoisotopic (exact) mass is 519 g/mol. The molecule has 1 saturated heterocycles. The van der Waals surface area contributed by atoms with Gasteiger partial charge in [-0.2, -0.15) is 0 Å². The molecule has 0 saturated carbocycles. The van der Waals surface area contributed by atoms with Crippen LogP contribution in [0.2, 0.25) is 0 Å². The van der Waals surface area contributed by atoms with Crippen LogP contribution in [0.1, 0.15) is 39.9 Å². The highest BCUT2D eigenvalue weighted by Crippen LogP contribution is 2.28. The Bertz CT molecular complexity index is 1310. The van der Waals surface area contributed by atoms with Crippen molar-refractivity contribution in [1.29, 1.82) is 0 Å². The van der Waals surface area contributed by atoms with Crippen LogP contribution in [0.25, 0.3) is 0 Å². The summed E-state index contributed by atoms with van der Waals surface area (Å²) in [7, 11) is 0. The van der Waals surface area contributed by atoms with Crippen molar-refractivity contribution in [2.24, 2.45) is 0 Å². The molecular weight excluding hydrogens is 489 g/mol. The molecule has 1 fully saturated rings. The highest BCUT2D eigenvalue weighted by Gasteiger charge is 2.28. The number of nitrogens with zero attached hydrogens (tertiary/aromatic N) is 4. The Kier molecular flexibility index (Phi) is 7.78. The molecule has 2 aromatic carbocycles. The van der Waals surface area contributed by atoms with Crippen LogP contribution in [0, 0.1) is 5.82 Å². The van der Waals surface area contributed by atoms with E-state index >= 15 is 0 Å². The highest BCUT2D eigenvalue weighted by atomic mass is 19.1. The quantitative estimate of drug-likeness (QED) is 0.495. The van der Waals surface area contributed by atoms with E-state index in [2.05, 4.69) is 10.2 Å². The maximum Gasteiger partial charge on any atom is 0.338 e. The van der Waals surface area contributed by atoms with Crippen LogP contribution in [0.3, 0.4) is 0 Å². The molecule has 0 radical (unpaired) electrons. The van der Waals surface area contributed by atoms with Crippen LogP contribution in [0.5, 0.6) is 0 Å². The maximum atomic E-state index is 13.7. The number of morpholine rings is 1. The zero-order chi connectivity index (χ0) is 26.5. The van der Waals surface area contributed by atoms with Crippen LogP contribution in [-0.4, -0.2) is 66.3 Å². The van der Waals surface area contributed by atoms with Gasteiger partial charge in [0.05, 0.1) is 37.6 Å². The number of hydrogen-bond donors (Lipinski definition) is 1. The average Bonchev–Trinajstić information content (AvgIpc) is 2.93. The molecule has 2 aliphatic heterocycles. The summed E-state index contributed by atoms with van der Waals surface area (Å²) >= 11 is 0. The van der Waals surface area contributed by atoms with Gasteiger partial charge in [-0.25, -0.2) is 23.9 Å². The first-order chi connectivity index (χ1) is 18.5. The predicted octanol–water partition coefficient (Wildman–Crippen LogP) is 3.81. The minimum atomic E-state index is -0.398. The van der Waals surface area contributed by atoms with E-state index in [0.717, 1.165) is 22.6 Å². The summed E-state index contributed by atoms with van der Waals surface area (Å²) in [5.41, 5.74) is 3.66. The maximum absolute atomic E-state index is 13.7. The van der Waals surface area contributed by atoms with Gasteiger partial charge in [-0.3, -0.25) is 0 Å². The number of rotatable bonds is 6. The summed E-state index contributed by atoms with van der Waals surface area (Å²) in [6, 6.07) is 12.9. The van der Waals surface area contributed by atoms with E-state index in [0.29, 0.717) is 75.9 Å². The largest absolute Gasteiger partial charge is 0.462 e. The first-order valence-corrected chi connectivity index (χ1v) is 12.8. The van der Waals surface area contributed by atoms with Crippen LogP contribution in [0.15, 0.2) is 48.5 Å². The lowest BCUT2D eigenvalue weighted by molar-refractivity contribution is 0.0526. The molecule has 0 unspecified atom stereocenters. The Morgan fingerprint density at radius 2 is 1.87 bits per heavy atom. The third kappa shape index (κ3) is 5.91. The van der Waals surface area contributed by atoms with Crippen LogP contribution >= 0.6 is 0 Å². The van der Waals surface area contributed by atoms with Gasteiger partial charge in [0.1, 0.15) is 17.5 Å². The lowest BCUT2D eigenvalue weighted by atomic mass is 10.0. The summed E-state index contributed by atoms with van der Waals surface area (Å²) in [4.78, 5) is 38.6. The first kappa shape index (κ1) is 25.6. The van der Waals surface area contributed by atoms with Crippen molar-refractivity contribution >= 4 is 23.5 Å². The summed E-state index contributed by atoms with van der Waals surface area (Å²) in [5.74, 6) is 0.757. The number of esters is 1. The summed E-state index contributed by atoms with van der Waals surface area (Å²) in [5, 5.41) is 2.91. The molecule has 3 aromatic rings. The third-order valence-corrected chi connectivity index (χ3v) is 6.58. The molecule has 9 nitrogen and oxygen atoms in total. The van der Waals surface area contributed by atoms with Crippen molar-refractivity contribution in [3.05, 3.63) is 82.6 Å². The number of carbonyl (C=O) groups excluding carboxylic acids is 2. The summed E-state index contributed by atoms with van der Waals surface area (Å²) in [6.45, 7) is 5.52. The van der Waals surface area contributed by atoms with Crippen molar-refractivity contribution < 1.29 is 23.5 Å². The van der Waals surface area contributed by atoms with E-state index in [9.17, 15) is 14.0 Å². The number of benzene rings is 2. The number of hydrogen-bond acceptors (Lipinski definition) is 7. The normalized spacial score (nSPS) is 15.1. The SMILES string of the molecule is CCOC(=O)c1ccc(NC(=O)N2CCc3nc(Cc4cccc(F)c4)nc(N4CCOCC4)c3C2)cc1. The van der Waals surface area contributed by atoms with Crippen LogP contribution in [-0.2, 0) is 28.9 Å². The Morgan fingerprint density at radius 3 is 2.61 bits per heavy atom. The zero-order valence-corrected chi connectivity index (χ0v) is 21.3. The van der Waals surface area contributed by atoms with Gasteiger partial charge in [0, 0.05) is 43.7 Å². The minimum Gasteiger partial charge on any atom is -0.462 e. The van der Waals surface area contributed by atoms with E-state index in [1.54, 1.807) is 42.2 Å². The average molecular weight is 520 g/mol. The standard InChI is InChI=1S/C28H30FN5O4/c1-2-38-27(35)20-6-8-22(9-7-20)30-28(36)34-11-10-24-23(18-34)26(33-12-14-37-15-13-33)32-25(31-24)17-19-4-3-5-21(29)16-19/h3-9,16H,2,10-15,17-18H2,1H3,(H,30,36). The molecule has 10 heteroatoms. The van der Waals surface area contributed by atoms with Crippen molar-refractivity contribution in [1.82, 2.24) is 14.9 Å². The van der Waals surface area contributed by atoms with Crippen molar-refractivity contribution in [2.45, 2.75) is 26.3 Å². The first-order valence-electron chi connectivity index (χ1n) is 12.8. The topological polar surface area (TPSA) is 96.9 Å². The van der Waals surface area contributed by atoms with Gasteiger partial charge in [0.15, 0.2) is 0 Å². The molecule has 38 heavy (non-hydrogen) atoms. The number of urea groups is 1. The zero-order valence-electron chi connectivity index (χ0n) is 21.3. The number of carbonyl (C=O) groups is 2. The second-order valence-corrected chi connectivity index (χ2v) is 9.19. The van der Waals surface area contributed by atoms with E-state index < -0.39 is 5.97 Å². The van der Waals surface area contributed by atoms with Gasteiger partial charge in [0.2, 0.25) is 0 Å². The summed E-state index contributed by atoms with van der Waals surface area (Å²) < 4.78 is 24.3. The number of amides is 2. The number of fused-ring (bicyclic) bond motifs is 1. The minimum absolute atomic E-state index is 0.240. The Hall–Kier alpha value is -4.05. The van der Waals surface area contributed by atoms with Gasteiger partial charge in [-0.1, -0.05) is 12.1 Å². The lowest BCUT2D eigenvalue weighted by Crippen LogP contribution is -2.42. The second-order valence-electron chi connectivity index (χ2n) is 9.19. The van der Waals surface area contributed by atoms with Gasteiger partial charge in [0.25, 0.3) is 0 Å². The van der Waals surface area contributed by atoms with Crippen molar-refractivity contribution in [3.8, 4) is 0 Å². The molecule has 1 N–H and O–H groups in total. The van der Waals surface area contributed by atoms with E-state index in [1.807, 2.05) is 6.07 Å². The Morgan fingerprint density at radius 1 is 1.08 bits per heavy atom. The van der Waals surface area contributed by atoms with E-state index in [-0.39, 0.29) is 11.8 Å². The number of anilines is 2. The fraction of sp³-hybridized carbons (Fsp3) is 0.357. The van der Waals surface area contributed by atoms with Crippen molar-refractivity contribution in [3.63, 3.8) is 0 Å². The molecule has 5 rings (SSSR count). The van der Waals surface area contributed by atoms with Gasteiger partial charge in [-0.05, 0) is 48.9 Å². The smallest absolute Gasteiger partial charge is 0.338 e. The van der Waals surface area contributed by atoms with E-state index in [4.69, 9.17) is 19.4 Å². The molecule has 198 valence electrons. The lowest BCUT2D eigenvalue weighted by Gasteiger charge is -2.34. The molecule has 3 heterocycles. The number of nitrogens with one attached hydrogen (secondary N) is 1. The highest BCUT2D eigenvalue weighted by molar-refractivity contribution is 5.92. The summed E-state index contributed by atoms with van der Waals surface area (Å²) in [6.07, 6.45) is 1.01. The van der Waals surface area contributed by atoms with E-state index in [1.165, 1.54) is 12.1 Å². The molecular formula is C28H30FN5O4. The number of aromatic nitrogens is 2. The molecule has 0 bridgehead atoms. The molecule has 0 spiro atoms. The molecule has 2 amide bonds. The Balaban J connectivity index is 1.35. The third-order valence-electron chi connectivity index (χ3n) is 6.58. The predicted molar refractivity (Wildman–Crippen MR) is 140 cm³/mol. The second kappa shape index (κ2) is 11.6. The fourth-order valence-electron chi connectivity index (χ4n) is 4.67. The van der Waals surface area contributed by atoms with Gasteiger partial charge >= 0.3 is 12.0 Å². The number of ether oxygens (including phenoxy) is 2. The number of halogens is 1. The fourth-order valence-corrected chi connectivity index (χ4v) is 4.67. The Labute approximate surface area is 220 Å². The van der Waals surface area contributed by atoms with Gasteiger partial charge in [-0.15, -0.1) is 0 Å². The molecule has 2 aliphatic rings. The molecule has 0 atom stereocenters. The van der Waals surface area contributed by atoms with Crippen LogP contribution < -0.4 is 10.2 Å². The van der Waals surface area contributed by atoms with Crippen molar-refractivity contribution in [2.75, 3.05) is 49.7 Å². The molecule has 0 aliphatic carbocycles. The van der Waals surface area contributed by atoms with Crippen LogP contribution in [0.4, 0.5) is 20.7 Å².